The molecule has 10 heteroatoms. The number of hydrogen-bond acceptors (Lipinski definition) is 5. The fraction of sp³-hybridized carbons (Fsp3) is 0.367. The molecule has 3 rings (SSSR count). The van der Waals surface area contributed by atoms with Gasteiger partial charge in [0.05, 0.1) is 29.9 Å². The summed E-state index contributed by atoms with van der Waals surface area (Å²) in [7, 11) is 0. The number of hydrogen-bond donors (Lipinski definition) is 3. The number of carbonyl (C=O) groups is 1. The van der Waals surface area contributed by atoms with Crippen molar-refractivity contribution in [2.45, 2.75) is 58.0 Å². The van der Waals surface area contributed by atoms with E-state index in [2.05, 4.69) is 5.32 Å². The van der Waals surface area contributed by atoms with E-state index in [-0.39, 0.29) is 30.5 Å². The number of rotatable bonds is 12. The van der Waals surface area contributed by atoms with Crippen LogP contribution in [0.15, 0.2) is 60.7 Å². The van der Waals surface area contributed by atoms with Gasteiger partial charge in [0.1, 0.15) is 17.3 Å². The van der Waals surface area contributed by atoms with Crippen LogP contribution < -0.4 is 10.1 Å². The maximum atomic E-state index is 13.9. The minimum absolute atomic E-state index is 0.0384. The van der Waals surface area contributed by atoms with E-state index in [0.29, 0.717) is 23.6 Å². The third-order valence-corrected chi connectivity index (χ3v) is 6.35. The first-order valence-electron chi connectivity index (χ1n) is 12.7. The van der Waals surface area contributed by atoms with Crippen molar-refractivity contribution in [2.75, 3.05) is 13.2 Å². The molecule has 3 N–H and O–H groups in total. The number of aromatic carboxylic acids is 1. The molecular weight excluding hydrogens is 530 g/mol. The normalized spacial score (nSPS) is 13.6. The summed E-state index contributed by atoms with van der Waals surface area (Å²) in [5.74, 6) is -1.91. The summed E-state index contributed by atoms with van der Waals surface area (Å²) < 4.78 is 65.6. The van der Waals surface area contributed by atoms with Crippen LogP contribution >= 0.6 is 0 Å². The SMILES string of the molecule is Cc1ccc(CC(C)(C)NC[C@H](O)COC(C)c2ccccc2Oc2ccc(C(=O)O)c(C(F)(F)F)c2)cc1F. The van der Waals surface area contributed by atoms with E-state index in [1.807, 2.05) is 19.9 Å². The fourth-order valence-corrected chi connectivity index (χ4v) is 4.16. The van der Waals surface area contributed by atoms with Crippen molar-refractivity contribution >= 4 is 5.97 Å². The molecule has 0 radical (unpaired) electrons. The number of aryl methyl sites for hydroxylation is 1. The Morgan fingerprint density at radius 2 is 1.75 bits per heavy atom. The van der Waals surface area contributed by atoms with Gasteiger partial charge in [-0.15, -0.1) is 0 Å². The molecule has 0 bridgehead atoms. The van der Waals surface area contributed by atoms with Crippen LogP contribution in [0.4, 0.5) is 17.6 Å². The van der Waals surface area contributed by atoms with E-state index in [1.165, 1.54) is 6.07 Å². The average Bonchev–Trinajstić information content (AvgIpc) is 2.88. The Morgan fingerprint density at radius 1 is 1.05 bits per heavy atom. The predicted octanol–water partition coefficient (Wildman–Crippen LogP) is 6.69. The Kier molecular flexibility index (Phi) is 9.94. The molecule has 0 fully saturated rings. The second kappa shape index (κ2) is 12.8. The molecule has 0 aromatic heterocycles. The Labute approximate surface area is 230 Å². The number of halogens is 4. The summed E-state index contributed by atoms with van der Waals surface area (Å²) >= 11 is 0. The van der Waals surface area contributed by atoms with Gasteiger partial charge >= 0.3 is 12.1 Å². The molecule has 0 aliphatic heterocycles. The molecule has 0 saturated heterocycles. The number of alkyl halides is 3. The fourth-order valence-electron chi connectivity index (χ4n) is 4.16. The molecule has 0 amide bonds. The molecular formula is C30H33F4NO5. The highest BCUT2D eigenvalue weighted by Crippen LogP contribution is 2.37. The van der Waals surface area contributed by atoms with Gasteiger partial charge in [0, 0.05) is 17.6 Å². The molecule has 1 unspecified atom stereocenters. The highest BCUT2D eigenvalue weighted by atomic mass is 19.4. The molecule has 2 atom stereocenters. The zero-order valence-corrected chi connectivity index (χ0v) is 22.7. The van der Waals surface area contributed by atoms with Gasteiger partial charge in [-0.25, -0.2) is 9.18 Å². The lowest BCUT2D eigenvalue weighted by Crippen LogP contribution is -2.46. The lowest BCUT2D eigenvalue weighted by molar-refractivity contribution is -0.138. The Bertz CT molecular complexity index is 1330. The molecule has 0 heterocycles. The highest BCUT2D eigenvalue weighted by molar-refractivity contribution is 5.89. The first kappa shape index (κ1) is 31.1. The molecule has 0 saturated carbocycles. The number of aliphatic hydroxyl groups is 1. The zero-order valence-electron chi connectivity index (χ0n) is 22.7. The monoisotopic (exact) mass is 563 g/mol. The van der Waals surface area contributed by atoms with E-state index in [4.69, 9.17) is 14.6 Å². The summed E-state index contributed by atoms with van der Waals surface area (Å²) in [5, 5.41) is 22.9. The van der Waals surface area contributed by atoms with E-state index in [1.54, 1.807) is 44.2 Å². The van der Waals surface area contributed by atoms with Crippen LogP contribution in [0.3, 0.4) is 0 Å². The van der Waals surface area contributed by atoms with Gasteiger partial charge in [-0.05, 0) is 75.6 Å². The second-order valence-corrected chi connectivity index (χ2v) is 10.3. The van der Waals surface area contributed by atoms with Crippen molar-refractivity contribution < 1.29 is 42.0 Å². The number of nitrogens with one attached hydrogen (secondary N) is 1. The topological polar surface area (TPSA) is 88.0 Å². The van der Waals surface area contributed by atoms with Crippen LogP contribution in [-0.4, -0.2) is 41.0 Å². The largest absolute Gasteiger partial charge is 0.478 e. The standard InChI is InChI=1S/C30H33F4NO5/c1-18-9-10-20(13-26(18)31)15-29(3,4)35-16-21(36)17-39-19(2)23-7-5-6-8-27(23)40-22-11-12-24(28(37)38)25(14-22)30(32,33)34/h5-14,19,21,35-36H,15-17H2,1-4H3,(H,37,38)/t19?,21-/m0/s1. The number of benzene rings is 3. The van der Waals surface area contributed by atoms with Crippen LogP contribution in [0.1, 0.15) is 59.5 Å². The minimum atomic E-state index is -4.88. The Balaban J connectivity index is 1.61. The lowest BCUT2D eigenvalue weighted by atomic mass is 9.94. The number of para-hydroxylation sites is 1. The van der Waals surface area contributed by atoms with Crippen LogP contribution in [0, 0.1) is 12.7 Å². The predicted molar refractivity (Wildman–Crippen MR) is 142 cm³/mol. The number of ether oxygens (including phenoxy) is 2. The van der Waals surface area contributed by atoms with Gasteiger partial charge < -0.3 is 25.0 Å². The second-order valence-electron chi connectivity index (χ2n) is 10.3. The van der Waals surface area contributed by atoms with Crippen molar-refractivity contribution in [1.29, 1.82) is 0 Å². The molecule has 6 nitrogen and oxygen atoms in total. The number of carboxylic acid groups (broad SMARTS) is 1. The third kappa shape index (κ3) is 8.51. The van der Waals surface area contributed by atoms with Gasteiger partial charge in [0.25, 0.3) is 0 Å². The van der Waals surface area contributed by atoms with Crippen LogP contribution in [0.2, 0.25) is 0 Å². The summed E-state index contributed by atoms with van der Waals surface area (Å²) in [6.07, 6.45) is -5.79. The Hall–Kier alpha value is -3.47. The van der Waals surface area contributed by atoms with Crippen LogP contribution in [-0.2, 0) is 17.3 Å². The van der Waals surface area contributed by atoms with E-state index in [0.717, 1.165) is 17.7 Å². The van der Waals surface area contributed by atoms with Crippen molar-refractivity contribution in [3.8, 4) is 11.5 Å². The maximum Gasteiger partial charge on any atom is 0.417 e. The Morgan fingerprint density at radius 3 is 2.40 bits per heavy atom. The first-order chi connectivity index (χ1) is 18.7. The van der Waals surface area contributed by atoms with Gasteiger partial charge in [-0.1, -0.05) is 30.3 Å². The van der Waals surface area contributed by atoms with Crippen LogP contribution in [0.5, 0.6) is 11.5 Å². The number of β-amino-alcohol motifs (C(OH)–C–C–N with tert-alkyl or cyclic N) is 1. The number of carboxylic acids is 1. The van der Waals surface area contributed by atoms with Crippen LogP contribution in [0.25, 0.3) is 0 Å². The van der Waals surface area contributed by atoms with Crippen molar-refractivity contribution in [3.05, 3.63) is 94.3 Å². The smallest absolute Gasteiger partial charge is 0.417 e. The third-order valence-electron chi connectivity index (χ3n) is 6.35. The zero-order chi connectivity index (χ0) is 29.7. The molecule has 0 aliphatic rings. The van der Waals surface area contributed by atoms with E-state index in [9.17, 15) is 27.5 Å². The quantitative estimate of drug-likeness (QED) is 0.213. The molecule has 40 heavy (non-hydrogen) atoms. The molecule has 3 aromatic carbocycles. The number of aliphatic hydroxyl groups excluding tert-OH is 1. The van der Waals surface area contributed by atoms with Crippen molar-refractivity contribution in [2.24, 2.45) is 0 Å². The van der Waals surface area contributed by atoms with Gasteiger partial charge in [0.15, 0.2) is 0 Å². The summed E-state index contributed by atoms with van der Waals surface area (Å²) in [4.78, 5) is 11.2. The van der Waals surface area contributed by atoms with E-state index < -0.39 is 41.0 Å². The van der Waals surface area contributed by atoms with Crippen molar-refractivity contribution in [3.63, 3.8) is 0 Å². The first-order valence-corrected chi connectivity index (χ1v) is 12.7. The molecule has 216 valence electrons. The summed E-state index contributed by atoms with van der Waals surface area (Å²) in [5.41, 5.74) is -0.686. The minimum Gasteiger partial charge on any atom is -0.478 e. The molecule has 0 spiro atoms. The van der Waals surface area contributed by atoms with Crippen molar-refractivity contribution in [1.82, 2.24) is 5.32 Å². The maximum absolute atomic E-state index is 13.9. The highest BCUT2D eigenvalue weighted by Gasteiger charge is 2.36. The van der Waals surface area contributed by atoms with Gasteiger partial charge in [-0.3, -0.25) is 0 Å². The average molecular weight is 564 g/mol. The summed E-state index contributed by atoms with van der Waals surface area (Å²) in [6, 6.07) is 14.4. The summed E-state index contributed by atoms with van der Waals surface area (Å²) in [6.45, 7) is 7.48. The lowest BCUT2D eigenvalue weighted by Gasteiger charge is -2.28. The molecule has 3 aromatic rings. The van der Waals surface area contributed by atoms with Gasteiger partial charge in [-0.2, -0.15) is 13.2 Å². The van der Waals surface area contributed by atoms with E-state index >= 15 is 0 Å². The van der Waals surface area contributed by atoms with Gasteiger partial charge in [0.2, 0.25) is 0 Å². The molecule has 0 aliphatic carbocycles.